The highest BCUT2D eigenvalue weighted by Gasteiger charge is 2.40. The third-order valence-electron chi connectivity index (χ3n) is 2.80. The average Bonchev–Trinajstić information content (AvgIpc) is 2.43. The monoisotopic (exact) mass is 110 g/mol. The van der Waals surface area contributed by atoms with Crippen LogP contribution in [0.1, 0.15) is 32.6 Å². The molecule has 2 aliphatic rings. The van der Waals surface area contributed by atoms with Gasteiger partial charge in [0.2, 0.25) is 0 Å². The average molecular weight is 110 g/mol. The summed E-state index contributed by atoms with van der Waals surface area (Å²) in [6, 6.07) is 0. The Kier molecular flexibility index (Phi) is 0.902. The number of hydrogen-bond acceptors (Lipinski definition) is 0. The summed E-state index contributed by atoms with van der Waals surface area (Å²) in [7, 11) is 0. The third kappa shape index (κ3) is 0.667. The van der Waals surface area contributed by atoms with Gasteiger partial charge in [0.1, 0.15) is 0 Å². The van der Waals surface area contributed by atoms with Crippen LogP contribution in [0.15, 0.2) is 0 Å². The zero-order chi connectivity index (χ0) is 5.56. The summed E-state index contributed by atoms with van der Waals surface area (Å²) in [6.07, 6.45) is 6.18. The molecule has 0 heteroatoms. The number of rotatable bonds is 0. The summed E-state index contributed by atoms with van der Waals surface area (Å²) in [4.78, 5) is 0. The first kappa shape index (κ1) is 4.84. The molecule has 2 rings (SSSR count). The van der Waals surface area contributed by atoms with Crippen LogP contribution in [0.25, 0.3) is 0 Å². The van der Waals surface area contributed by atoms with Gasteiger partial charge in [0.05, 0.1) is 0 Å². The Morgan fingerprint density at radius 3 is 2.50 bits per heavy atom. The highest BCUT2D eigenvalue weighted by molar-refractivity contribution is 4.91. The van der Waals surface area contributed by atoms with Crippen LogP contribution in [0, 0.1) is 17.8 Å². The van der Waals surface area contributed by atoms with E-state index >= 15 is 0 Å². The molecule has 0 aromatic carbocycles. The third-order valence-corrected chi connectivity index (χ3v) is 2.80. The lowest BCUT2D eigenvalue weighted by molar-refractivity contribution is 0.368. The summed E-state index contributed by atoms with van der Waals surface area (Å²) in [5, 5.41) is 0. The van der Waals surface area contributed by atoms with E-state index < -0.39 is 0 Å². The van der Waals surface area contributed by atoms with E-state index in [2.05, 4.69) is 6.92 Å². The molecule has 0 N–H and O–H groups in total. The van der Waals surface area contributed by atoms with Crippen LogP contribution in [-0.2, 0) is 0 Å². The van der Waals surface area contributed by atoms with E-state index in [0.717, 1.165) is 5.92 Å². The molecule has 0 amide bonds. The van der Waals surface area contributed by atoms with Gasteiger partial charge < -0.3 is 0 Å². The first-order valence-electron chi connectivity index (χ1n) is 3.86. The second-order valence-corrected chi connectivity index (χ2v) is 3.67. The Bertz CT molecular complexity index is 96.2. The van der Waals surface area contributed by atoms with Crippen LogP contribution >= 0.6 is 0 Å². The van der Waals surface area contributed by atoms with Gasteiger partial charge in [0.15, 0.2) is 0 Å². The van der Waals surface area contributed by atoms with Crippen molar-refractivity contribution in [3.8, 4) is 0 Å². The maximum absolute atomic E-state index is 2.40. The van der Waals surface area contributed by atoms with Gasteiger partial charge in [-0.2, -0.15) is 0 Å². The summed E-state index contributed by atoms with van der Waals surface area (Å²) in [5.74, 6) is 3.42. The Labute approximate surface area is 51.3 Å². The summed E-state index contributed by atoms with van der Waals surface area (Å²) < 4.78 is 0. The van der Waals surface area contributed by atoms with Crippen LogP contribution in [0.3, 0.4) is 0 Å². The van der Waals surface area contributed by atoms with E-state index in [0.29, 0.717) is 0 Å². The van der Waals surface area contributed by atoms with Crippen LogP contribution in [0.2, 0.25) is 0 Å². The predicted octanol–water partition coefficient (Wildman–Crippen LogP) is 2.44. The van der Waals surface area contributed by atoms with Crippen LogP contribution < -0.4 is 0 Å². The molecule has 0 saturated heterocycles. The minimum atomic E-state index is 1.05. The summed E-state index contributed by atoms with van der Waals surface area (Å²) in [6.45, 7) is 2.40. The lowest BCUT2D eigenvalue weighted by Gasteiger charge is -2.15. The van der Waals surface area contributed by atoms with Gasteiger partial charge in [-0.3, -0.25) is 0 Å². The topological polar surface area (TPSA) is 0 Å². The quantitative estimate of drug-likeness (QED) is 0.449. The Morgan fingerprint density at radius 2 is 1.88 bits per heavy atom. The SMILES string of the molecule is C[C@H]1CC[C@H]2CC2C1. The predicted molar refractivity (Wildman–Crippen MR) is 34.6 cm³/mol. The molecule has 0 bridgehead atoms. The molecule has 0 nitrogen and oxygen atoms in total. The number of hydrogen-bond donors (Lipinski definition) is 0. The molecule has 2 fully saturated rings. The van der Waals surface area contributed by atoms with Crippen molar-refractivity contribution >= 4 is 0 Å². The standard InChI is InChI=1S/C8H14/c1-6-2-3-7-5-8(7)4-6/h6-8H,2-5H2,1H3/t6-,7-,8?/m0/s1. The van der Waals surface area contributed by atoms with Gasteiger partial charge in [0.25, 0.3) is 0 Å². The van der Waals surface area contributed by atoms with E-state index in [4.69, 9.17) is 0 Å². The van der Waals surface area contributed by atoms with Gasteiger partial charge in [-0.25, -0.2) is 0 Å². The Balaban J connectivity index is 1.93. The lowest BCUT2D eigenvalue weighted by Crippen LogP contribution is -2.03. The molecule has 0 aliphatic heterocycles. The maximum atomic E-state index is 2.40. The van der Waals surface area contributed by atoms with Crippen LogP contribution in [-0.4, -0.2) is 0 Å². The largest absolute Gasteiger partial charge is 0.0625 e. The van der Waals surface area contributed by atoms with Crippen molar-refractivity contribution in [3.05, 3.63) is 0 Å². The van der Waals surface area contributed by atoms with Crippen molar-refractivity contribution in [2.45, 2.75) is 32.6 Å². The van der Waals surface area contributed by atoms with E-state index in [-0.39, 0.29) is 0 Å². The van der Waals surface area contributed by atoms with Crippen molar-refractivity contribution in [1.82, 2.24) is 0 Å². The minimum absolute atomic E-state index is 1.05. The van der Waals surface area contributed by atoms with Gasteiger partial charge in [-0.15, -0.1) is 0 Å². The Hall–Kier alpha value is 0. The van der Waals surface area contributed by atoms with Gasteiger partial charge in [-0.05, 0) is 37.0 Å². The fraction of sp³-hybridized carbons (Fsp3) is 1.00. The molecular formula is C8H14. The smallest absolute Gasteiger partial charge is 0.0380 e. The first-order chi connectivity index (χ1) is 3.86. The molecule has 1 unspecified atom stereocenters. The molecule has 0 spiro atoms. The fourth-order valence-electron chi connectivity index (χ4n) is 2.09. The molecule has 3 atom stereocenters. The normalized spacial score (nSPS) is 52.9. The molecule has 2 aliphatic carbocycles. The molecule has 8 heavy (non-hydrogen) atoms. The van der Waals surface area contributed by atoms with Gasteiger partial charge in [-0.1, -0.05) is 13.3 Å². The van der Waals surface area contributed by atoms with E-state index in [1.165, 1.54) is 18.3 Å². The van der Waals surface area contributed by atoms with Crippen molar-refractivity contribution in [3.63, 3.8) is 0 Å². The van der Waals surface area contributed by atoms with Crippen molar-refractivity contribution in [1.29, 1.82) is 0 Å². The molecule has 0 aromatic rings. The van der Waals surface area contributed by atoms with Crippen LogP contribution in [0.4, 0.5) is 0 Å². The van der Waals surface area contributed by atoms with Crippen molar-refractivity contribution < 1.29 is 0 Å². The second-order valence-electron chi connectivity index (χ2n) is 3.67. The van der Waals surface area contributed by atoms with Gasteiger partial charge >= 0.3 is 0 Å². The molecule has 2 saturated carbocycles. The maximum Gasteiger partial charge on any atom is -0.0380 e. The molecule has 0 heterocycles. The zero-order valence-electron chi connectivity index (χ0n) is 5.56. The fourth-order valence-corrected chi connectivity index (χ4v) is 2.09. The highest BCUT2D eigenvalue weighted by Crippen LogP contribution is 2.51. The molecular weight excluding hydrogens is 96.1 g/mol. The molecule has 46 valence electrons. The molecule has 0 aromatic heterocycles. The first-order valence-corrected chi connectivity index (χ1v) is 3.86. The highest BCUT2D eigenvalue weighted by atomic mass is 14.5. The summed E-state index contributed by atoms with van der Waals surface area (Å²) in [5.41, 5.74) is 0. The number of fused-ring (bicyclic) bond motifs is 1. The molecule has 0 radical (unpaired) electrons. The van der Waals surface area contributed by atoms with E-state index in [9.17, 15) is 0 Å². The van der Waals surface area contributed by atoms with Crippen molar-refractivity contribution in [2.24, 2.45) is 17.8 Å². The Morgan fingerprint density at radius 1 is 1.00 bits per heavy atom. The lowest BCUT2D eigenvalue weighted by atomic mass is 9.91. The van der Waals surface area contributed by atoms with Crippen LogP contribution in [0.5, 0.6) is 0 Å². The van der Waals surface area contributed by atoms with Gasteiger partial charge in [0, 0.05) is 0 Å². The zero-order valence-corrected chi connectivity index (χ0v) is 5.56. The van der Waals surface area contributed by atoms with E-state index in [1.54, 1.807) is 19.3 Å². The second kappa shape index (κ2) is 1.49. The minimum Gasteiger partial charge on any atom is -0.0625 e. The van der Waals surface area contributed by atoms with E-state index in [1.807, 2.05) is 0 Å². The summed E-state index contributed by atoms with van der Waals surface area (Å²) >= 11 is 0. The van der Waals surface area contributed by atoms with Crippen molar-refractivity contribution in [2.75, 3.05) is 0 Å².